The number of amides is 1. The van der Waals surface area contributed by atoms with Crippen LogP contribution in [0.2, 0.25) is 0 Å². The number of rotatable bonds is 6. The minimum atomic E-state index is -3.17. The molecule has 0 spiro atoms. The molecule has 1 N–H and O–H groups in total. The molecule has 2 rings (SSSR count). The number of carbonyl (C=O) groups is 2. The fraction of sp³-hybridized carbons (Fsp3) is 0.625. The van der Waals surface area contributed by atoms with Crippen molar-refractivity contribution >= 4 is 21.7 Å². The number of nitrogens with one attached hydrogen (secondary N) is 1. The highest BCUT2D eigenvalue weighted by molar-refractivity contribution is 7.89. The number of Topliss-reactive ketones (excluding diaryl/α,β-unsaturated/α-hetero) is 1. The molecule has 1 saturated heterocycles. The Labute approximate surface area is 143 Å². The summed E-state index contributed by atoms with van der Waals surface area (Å²) in [6.45, 7) is 4.17. The predicted octanol–water partition coefficient (Wildman–Crippen LogP) is 1.16. The van der Waals surface area contributed by atoms with E-state index in [0.29, 0.717) is 43.6 Å². The first kappa shape index (κ1) is 18.7. The zero-order chi connectivity index (χ0) is 17.9. The van der Waals surface area contributed by atoms with Gasteiger partial charge in [0.2, 0.25) is 10.0 Å². The van der Waals surface area contributed by atoms with Crippen molar-refractivity contribution < 1.29 is 18.0 Å². The number of hydrogen-bond donors (Lipinski definition) is 1. The molecular weight excluding hydrogens is 330 g/mol. The molecule has 0 atom stereocenters. The number of nitrogens with zero attached hydrogens (tertiary/aromatic N) is 2. The summed E-state index contributed by atoms with van der Waals surface area (Å²) in [6, 6.07) is 1.53. The number of carbonyl (C=O) groups excluding carboxylic acids is 2. The molecule has 1 fully saturated rings. The monoisotopic (exact) mass is 355 g/mol. The fourth-order valence-corrected chi connectivity index (χ4v) is 4.45. The van der Waals surface area contributed by atoms with Gasteiger partial charge in [0.25, 0.3) is 5.91 Å². The van der Waals surface area contributed by atoms with Crippen molar-refractivity contribution in [2.75, 3.05) is 18.8 Å². The summed E-state index contributed by atoms with van der Waals surface area (Å²) in [5.41, 5.74) is 0.935. The van der Waals surface area contributed by atoms with Crippen molar-refractivity contribution in [2.45, 2.75) is 39.2 Å². The maximum absolute atomic E-state index is 12.4. The molecule has 1 aliphatic rings. The number of sulfonamides is 1. The average molecular weight is 355 g/mol. The Morgan fingerprint density at radius 3 is 2.42 bits per heavy atom. The molecule has 2 heterocycles. The summed E-state index contributed by atoms with van der Waals surface area (Å²) >= 11 is 0. The van der Waals surface area contributed by atoms with E-state index in [4.69, 9.17) is 0 Å². The van der Waals surface area contributed by atoms with Crippen LogP contribution in [0.15, 0.2) is 12.3 Å². The fourth-order valence-electron chi connectivity index (χ4n) is 2.91. The molecule has 8 heteroatoms. The first-order valence-electron chi connectivity index (χ1n) is 8.20. The second-order valence-corrected chi connectivity index (χ2v) is 8.33. The minimum absolute atomic E-state index is 0.0544. The second kappa shape index (κ2) is 7.48. The number of aryl methyl sites for hydroxylation is 1. The number of aromatic nitrogens is 1. The van der Waals surface area contributed by atoms with E-state index in [2.05, 4.69) is 5.32 Å². The van der Waals surface area contributed by atoms with Crippen LogP contribution < -0.4 is 5.32 Å². The summed E-state index contributed by atoms with van der Waals surface area (Å²) in [7, 11) is -1.45. The molecule has 134 valence electrons. The van der Waals surface area contributed by atoms with Crippen LogP contribution >= 0.6 is 0 Å². The Morgan fingerprint density at radius 2 is 1.92 bits per heavy atom. The van der Waals surface area contributed by atoms with Gasteiger partial charge in [-0.2, -0.15) is 0 Å². The Kier molecular flexibility index (Phi) is 5.82. The third-order valence-electron chi connectivity index (χ3n) is 4.29. The zero-order valence-corrected chi connectivity index (χ0v) is 15.2. The molecule has 7 nitrogen and oxygen atoms in total. The van der Waals surface area contributed by atoms with Crippen LogP contribution in [0, 0.1) is 0 Å². The van der Waals surface area contributed by atoms with E-state index >= 15 is 0 Å². The highest BCUT2D eigenvalue weighted by Crippen LogP contribution is 2.16. The molecule has 0 aromatic carbocycles. The van der Waals surface area contributed by atoms with Crippen LogP contribution in [0.3, 0.4) is 0 Å². The van der Waals surface area contributed by atoms with Gasteiger partial charge < -0.3 is 9.88 Å². The molecule has 0 unspecified atom stereocenters. The van der Waals surface area contributed by atoms with Crippen molar-refractivity contribution in [3.63, 3.8) is 0 Å². The normalized spacial score (nSPS) is 17.0. The van der Waals surface area contributed by atoms with E-state index in [9.17, 15) is 18.0 Å². The standard InChI is InChI=1S/C16H25N3O4S/c1-4-9-24(22,23)19-7-5-14(6-8-19)17-16(21)15-10-13(12(2)20)11-18(15)3/h10-11,14H,4-9H2,1-3H3,(H,17,21). The largest absolute Gasteiger partial charge is 0.348 e. The van der Waals surface area contributed by atoms with Crippen LogP contribution in [0.4, 0.5) is 0 Å². The Hall–Kier alpha value is -1.67. The topological polar surface area (TPSA) is 88.5 Å². The maximum atomic E-state index is 12.4. The van der Waals surface area contributed by atoms with Crippen LogP contribution in [0.5, 0.6) is 0 Å². The summed E-state index contributed by atoms with van der Waals surface area (Å²) in [5, 5.41) is 2.94. The second-order valence-electron chi connectivity index (χ2n) is 6.24. The van der Waals surface area contributed by atoms with Crippen LogP contribution in [0.25, 0.3) is 0 Å². The van der Waals surface area contributed by atoms with Gasteiger partial charge in [-0.05, 0) is 32.3 Å². The smallest absolute Gasteiger partial charge is 0.268 e. The average Bonchev–Trinajstić information content (AvgIpc) is 2.90. The van der Waals surface area contributed by atoms with Crippen molar-refractivity contribution in [1.82, 2.24) is 14.2 Å². The predicted molar refractivity (Wildman–Crippen MR) is 91.6 cm³/mol. The van der Waals surface area contributed by atoms with E-state index in [1.165, 1.54) is 11.2 Å². The van der Waals surface area contributed by atoms with E-state index in [-0.39, 0.29) is 23.5 Å². The van der Waals surface area contributed by atoms with Crippen LogP contribution in [0.1, 0.15) is 54.0 Å². The van der Waals surface area contributed by atoms with Gasteiger partial charge in [0, 0.05) is 37.9 Å². The molecule has 0 aliphatic carbocycles. The van der Waals surface area contributed by atoms with Gasteiger partial charge in [-0.15, -0.1) is 0 Å². The van der Waals surface area contributed by atoms with Gasteiger partial charge in [0.15, 0.2) is 5.78 Å². The summed E-state index contributed by atoms with van der Waals surface area (Å²) < 4.78 is 27.2. The highest BCUT2D eigenvalue weighted by atomic mass is 32.2. The number of ketones is 1. The third kappa shape index (κ3) is 4.24. The van der Waals surface area contributed by atoms with E-state index in [1.807, 2.05) is 6.92 Å². The SMILES string of the molecule is CCCS(=O)(=O)N1CCC(NC(=O)c2cc(C(C)=O)cn2C)CC1. The zero-order valence-electron chi connectivity index (χ0n) is 14.4. The quantitative estimate of drug-likeness (QED) is 0.776. The molecule has 1 aliphatic heterocycles. The van der Waals surface area contributed by atoms with Crippen molar-refractivity contribution in [1.29, 1.82) is 0 Å². The van der Waals surface area contributed by atoms with Crippen molar-refractivity contribution in [3.05, 3.63) is 23.5 Å². The minimum Gasteiger partial charge on any atom is -0.348 e. The molecule has 24 heavy (non-hydrogen) atoms. The molecule has 0 bridgehead atoms. The molecular formula is C16H25N3O4S. The van der Waals surface area contributed by atoms with Gasteiger partial charge in [0.1, 0.15) is 5.69 Å². The lowest BCUT2D eigenvalue weighted by Crippen LogP contribution is -2.47. The summed E-state index contributed by atoms with van der Waals surface area (Å²) in [5.74, 6) is -0.153. The van der Waals surface area contributed by atoms with Crippen molar-refractivity contribution in [2.24, 2.45) is 7.05 Å². The van der Waals surface area contributed by atoms with Gasteiger partial charge in [-0.1, -0.05) is 6.92 Å². The molecule has 1 aromatic heterocycles. The lowest BCUT2D eigenvalue weighted by molar-refractivity contribution is 0.0915. The first-order chi connectivity index (χ1) is 11.2. The molecule has 1 amide bonds. The lowest BCUT2D eigenvalue weighted by atomic mass is 10.1. The Morgan fingerprint density at radius 1 is 1.29 bits per heavy atom. The maximum Gasteiger partial charge on any atom is 0.268 e. The van der Waals surface area contributed by atoms with E-state index in [1.54, 1.807) is 23.9 Å². The third-order valence-corrected chi connectivity index (χ3v) is 6.36. The lowest BCUT2D eigenvalue weighted by Gasteiger charge is -2.31. The van der Waals surface area contributed by atoms with Gasteiger partial charge in [-0.25, -0.2) is 12.7 Å². The van der Waals surface area contributed by atoms with E-state index in [0.717, 1.165) is 0 Å². The number of piperidine rings is 1. The molecule has 0 radical (unpaired) electrons. The van der Waals surface area contributed by atoms with Crippen molar-refractivity contribution in [3.8, 4) is 0 Å². The summed E-state index contributed by atoms with van der Waals surface area (Å²) in [6.07, 6.45) is 3.43. The first-order valence-corrected chi connectivity index (χ1v) is 9.81. The van der Waals surface area contributed by atoms with Crippen LogP contribution in [-0.2, 0) is 17.1 Å². The van der Waals surface area contributed by atoms with Gasteiger partial charge >= 0.3 is 0 Å². The molecule has 0 saturated carbocycles. The molecule has 1 aromatic rings. The van der Waals surface area contributed by atoms with Gasteiger partial charge in [-0.3, -0.25) is 9.59 Å². The number of hydrogen-bond acceptors (Lipinski definition) is 4. The van der Waals surface area contributed by atoms with Gasteiger partial charge in [0.05, 0.1) is 5.75 Å². The van der Waals surface area contributed by atoms with E-state index < -0.39 is 10.0 Å². The summed E-state index contributed by atoms with van der Waals surface area (Å²) in [4.78, 5) is 23.8. The Bertz CT molecular complexity index is 716. The van der Waals surface area contributed by atoms with Crippen LogP contribution in [-0.4, -0.2) is 53.9 Å². The highest BCUT2D eigenvalue weighted by Gasteiger charge is 2.28. The Balaban J connectivity index is 1.94.